The number of nitrogens with zero attached hydrogens (tertiary/aromatic N) is 7. The van der Waals surface area contributed by atoms with Gasteiger partial charge in [-0.1, -0.05) is 41.1 Å². The number of fused-ring (bicyclic) bond motifs is 4. The number of ether oxygens (including phenoxy) is 3. The van der Waals surface area contributed by atoms with Crippen LogP contribution in [0.1, 0.15) is 45.5 Å². The molecule has 0 bridgehead atoms. The topological polar surface area (TPSA) is 216 Å². The number of nitrogens with one attached hydrogen (secondary N) is 4. The summed E-state index contributed by atoms with van der Waals surface area (Å²) < 4.78 is 48.5. The molecule has 70 heavy (non-hydrogen) atoms. The van der Waals surface area contributed by atoms with Gasteiger partial charge in [0, 0.05) is 69.9 Å². The van der Waals surface area contributed by atoms with Crippen LogP contribution in [-0.2, 0) is 48.2 Å². The van der Waals surface area contributed by atoms with Gasteiger partial charge in [0.05, 0.1) is 82.4 Å². The van der Waals surface area contributed by atoms with Crippen molar-refractivity contribution in [3.05, 3.63) is 136 Å². The Morgan fingerprint density at radius 3 is 2.37 bits per heavy atom. The standard InChI is InChI=1S/C49H46ClF2N11O7/c50-32-6-10-36-37(23-32)46(44-38(51)2-1-3-39(44)52)54-24-31-25-55-49(59-45(31)36)57-33-7-4-29(5-8-33)40-28-62(61-60-40)15-17-69-19-21-70-20-18-68-16-14-53-26-43(65)56-34-9-11-35-30(22-34)27-63(48(35)67)41-12-13-42(64)58-47(41)66/h1-11,22-23,25,28,41,53H,12-21,24,26-27H2,(H,56,65)(H,55,57,59)(H,58,64,66). The van der Waals surface area contributed by atoms with Crippen LogP contribution in [0, 0.1) is 11.6 Å². The van der Waals surface area contributed by atoms with Crippen molar-refractivity contribution in [1.29, 1.82) is 0 Å². The predicted molar refractivity (Wildman–Crippen MR) is 253 cm³/mol. The number of hydrogen-bond donors (Lipinski definition) is 4. The van der Waals surface area contributed by atoms with Crippen LogP contribution in [0.4, 0.5) is 26.1 Å². The van der Waals surface area contributed by atoms with Gasteiger partial charge in [-0.15, -0.1) is 5.10 Å². The quantitative estimate of drug-likeness (QED) is 0.0553. The Balaban J connectivity index is 0.637. The monoisotopic (exact) mass is 973 g/mol. The van der Waals surface area contributed by atoms with E-state index < -0.39 is 23.6 Å². The van der Waals surface area contributed by atoms with Gasteiger partial charge in [-0.25, -0.2) is 23.4 Å². The fraction of sp³-hybridized carbons (Fsp3) is 0.286. The largest absolute Gasteiger partial charge is 0.378 e. The van der Waals surface area contributed by atoms with Gasteiger partial charge >= 0.3 is 0 Å². The highest BCUT2D eigenvalue weighted by molar-refractivity contribution is 6.31. The summed E-state index contributed by atoms with van der Waals surface area (Å²) in [5.74, 6) is -2.47. The van der Waals surface area contributed by atoms with Gasteiger partial charge in [0.25, 0.3) is 5.91 Å². The maximum Gasteiger partial charge on any atom is 0.255 e. The van der Waals surface area contributed by atoms with Crippen LogP contribution in [0.2, 0.25) is 5.02 Å². The molecule has 5 heterocycles. The molecule has 1 atom stereocenters. The van der Waals surface area contributed by atoms with Crippen molar-refractivity contribution in [3.63, 3.8) is 0 Å². The summed E-state index contributed by atoms with van der Waals surface area (Å²) in [7, 11) is 0. The molecule has 18 nitrogen and oxygen atoms in total. The normalized spacial score (nSPS) is 15.2. The first-order valence-electron chi connectivity index (χ1n) is 22.5. The van der Waals surface area contributed by atoms with E-state index in [9.17, 15) is 28.0 Å². The van der Waals surface area contributed by atoms with Crippen molar-refractivity contribution < 1.29 is 42.2 Å². The number of carbonyl (C=O) groups excluding carboxylic acids is 4. The third-order valence-corrected chi connectivity index (χ3v) is 11.9. The second kappa shape index (κ2) is 21.9. The highest BCUT2D eigenvalue weighted by Gasteiger charge is 2.39. The lowest BCUT2D eigenvalue weighted by molar-refractivity contribution is -0.137. The Morgan fingerprint density at radius 2 is 1.59 bits per heavy atom. The Hall–Kier alpha value is -7.36. The van der Waals surface area contributed by atoms with Crippen molar-refractivity contribution in [2.75, 3.05) is 63.4 Å². The van der Waals surface area contributed by atoms with E-state index in [1.165, 1.54) is 23.1 Å². The van der Waals surface area contributed by atoms with Gasteiger partial charge in [0.1, 0.15) is 23.4 Å². The summed E-state index contributed by atoms with van der Waals surface area (Å²) in [5, 5.41) is 20.3. The second-order valence-corrected chi connectivity index (χ2v) is 16.9. The van der Waals surface area contributed by atoms with Gasteiger partial charge in [-0.3, -0.25) is 29.5 Å². The molecule has 2 aromatic heterocycles. The molecule has 0 saturated carbocycles. The molecule has 9 rings (SSSR count). The average Bonchev–Trinajstić information content (AvgIpc) is 3.91. The molecule has 6 aromatic rings. The van der Waals surface area contributed by atoms with Crippen LogP contribution in [0.3, 0.4) is 0 Å². The molecule has 360 valence electrons. The lowest BCUT2D eigenvalue weighted by Gasteiger charge is -2.29. The lowest BCUT2D eigenvalue weighted by Crippen LogP contribution is -2.52. The number of benzene rings is 4. The molecule has 4 aromatic carbocycles. The Kier molecular flexibility index (Phi) is 14.9. The number of piperidine rings is 1. The third kappa shape index (κ3) is 11.2. The molecule has 21 heteroatoms. The number of anilines is 3. The van der Waals surface area contributed by atoms with E-state index in [2.05, 4.69) is 41.6 Å². The fourth-order valence-electron chi connectivity index (χ4n) is 8.22. The number of halogens is 3. The molecule has 0 spiro atoms. The van der Waals surface area contributed by atoms with Crippen LogP contribution < -0.4 is 21.3 Å². The number of rotatable bonds is 20. The van der Waals surface area contributed by atoms with Gasteiger partial charge in [-0.2, -0.15) is 0 Å². The second-order valence-electron chi connectivity index (χ2n) is 16.4. The number of aromatic nitrogens is 5. The van der Waals surface area contributed by atoms with E-state index >= 15 is 0 Å². The van der Waals surface area contributed by atoms with Crippen LogP contribution in [0.15, 0.2) is 96.2 Å². The highest BCUT2D eigenvalue weighted by Crippen LogP contribution is 2.35. The van der Waals surface area contributed by atoms with Crippen LogP contribution in [0.25, 0.3) is 22.5 Å². The van der Waals surface area contributed by atoms with Crippen molar-refractivity contribution in [3.8, 4) is 22.5 Å². The minimum absolute atomic E-state index is 0.0612. The molecule has 4 N–H and O–H groups in total. The zero-order valence-corrected chi connectivity index (χ0v) is 38.3. The Labute approximate surface area is 404 Å². The summed E-state index contributed by atoms with van der Waals surface area (Å²) in [5.41, 5.74) is 6.23. The maximum atomic E-state index is 14.9. The van der Waals surface area contributed by atoms with E-state index in [4.69, 9.17) is 30.8 Å². The third-order valence-electron chi connectivity index (χ3n) is 11.7. The zero-order valence-electron chi connectivity index (χ0n) is 37.6. The summed E-state index contributed by atoms with van der Waals surface area (Å²) >= 11 is 6.36. The van der Waals surface area contributed by atoms with Crippen molar-refractivity contribution in [1.82, 2.24) is 40.5 Å². The first-order chi connectivity index (χ1) is 34.1. The maximum absolute atomic E-state index is 14.9. The molecule has 0 aliphatic carbocycles. The average molecular weight is 974 g/mol. The van der Waals surface area contributed by atoms with Crippen molar-refractivity contribution in [2.24, 2.45) is 4.99 Å². The predicted octanol–water partition coefficient (Wildman–Crippen LogP) is 5.47. The SMILES string of the molecule is O=C1CCC(N2Cc3cc(NC(=O)CNCCOCCOCCOCCn4cc(-c5ccc(Nc6ncc7c(n6)-c6ccc(Cl)cc6C(c6c(F)cccc6F)=NC7)cc5)nn4)ccc3C2=O)C(=O)N1. The van der Waals surface area contributed by atoms with Gasteiger partial charge in [-0.05, 0) is 66.6 Å². The molecule has 4 amide bonds. The van der Waals surface area contributed by atoms with Crippen LogP contribution in [0.5, 0.6) is 0 Å². The van der Waals surface area contributed by atoms with E-state index in [1.807, 2.05) is 30.5 Å². The number of carbonyl (C=O) groups is 4. The van der Waals surface area contributed by atoms with Gasteiger partial charge in [0.15, 0.2) is 0 Å². The zero-order chi connectivity index (χ0) is 48.6. The molecular weight excluding hydrogens is 928 g/mol. The number of amides is 4. The lowest BCUT2D eigenvalue weighted by atomic mass is 9.95. The summed E-state index contributed by atoms with van der Waals surface area (Å²) in [6.07, 6.45) is 3.95. The molecule has 1 fully saturated rings. The fourth-order valence-corrected chi connectivity index (χ4v) is 8.39. The number of hydrogen-bond acceptors (Lipinski definition) is 14. The molecule has 3 aliphatic heterocycles. The van der Waals surface area contributed by atoms with E-state index in [-0.39, 0.29) is 61.5 Å². The van der Waals surface area contributed by atoms with E-state index in [0.29, 0.717) is 109 Å². The Morgan fingerprint density at radius 1 is 0.843 bits per heavy atom. The number of imide groups is 1. The molecule has 0 radical (unpaired) electrons. The summed E-state index contributed by atoms with van der Waals surface area (Å²) in [4.78, 5) is 64.6. The van der Waals surface area contributed by atoms with Gasteiger partial charge in [0.2, 0.25) is 23.7 Å². The molecule has 1 saturated heterocycles. The summed E-state index contributed by atoms with van der Waals surface area (Å²) in [6, 6.07) is 20.7. The Bertz CT molecular complexity index is 2950. The summed E-state index contributed by atoms with van der Waals surface area (Å²) in [6.45, 7) is 3.67. The minimum Gasteiger partial charge on any atom is -0.378 e. The molecule has 3 aliphatic rings. The van der Waals surface area contributed by atoms with Crippen molar-refractivity contribution >= 4 is 58.3 Å². The number of aliphatic imine (C=N–C) groups is 1. The molecular formula is C49H46ClF2N11O7. The van der Waals surface area contributed by atoms with Crippen molar-refractivity contribution in [2.45, 2.75) is 38.5 Å². The highest BCUT2D eigenvalue weighted by atomic mass is 35.5. The van der Waals surface area contributed by atoms with Crippen LogP contribution >= 0.6 is 11.6 Å². The first-order valence-corrected chi connectivity index (χ1v) is 22.9. The smallest absolute Gasteiger partial charge is 0.255 e. The van der Waals surface area contributed by atoms with Gasteiger partial charge < -0.3 is 35.1 Å². The van der Waals surface area contributed by atoms with E-state index in [1.54, 1.807) is 47.3 Å². The van der Waals surface area contributed by atoms with Crippen LogP contribution in [-0.4, -0.2) is 118 Å². The minimum atomic E-state index is -0.727. The first kappa shape index (κ1) is 47.7. The molecule has 1 unspecified atom stereocenters. The van der Waals surface area contributed by atoms with E-state index in [0.717, 1.165) is 11.3 Å².